The molecule has 0 saturated carbocycles. The molecule has 1 rings (SSSR count). The van der Waals surface area contributed by atoms with Gasteiger partial charge in [0, 0.05) is 12.1 Å². The van der Waals surface area contributed by atoms with Gasteiger partial charge in [0.1, 0.15) is 6.54 Å². The van der Waals surface area contributed by atoms with Gasteiger partial charge in [-0.25, -0.2) is 0 Å². The van der Waals surface area contributed by atoms with E-state index in [0.717, 1.165) is 12.8 Å². The van der Waals surface area contributed by atoms with Gasteiger partial charge in [0.15, 0.2) is 0 Å². The number of benzene rings is 1. The highest BCUT2D eigenvalue weighted by Gasteiger charge is 2.20. The molecule has 19 heavy (non-hydrogen) atoms. The van der Waals surface area contributed by atoms with Crippen molar-refractivity contribution in [1.82, 2.24) is 0 Å². The van der Waals surface area contributed by atoms with Crippen LogP contribution in [0.15, 0.2) is 30.3 Å². The SMILES string of the molecule is CCCC(C)CC(=O)N(CC(=O)O)c1ccccc1. The number of aliphatic carboxylic acids is 1. The molecule has 1 unspecified atom stereocenters. The Morgan fingerprint density at radius 1 is 1.26 bits per heavy atom. The van der Waals surface area contributed by atoms with Gasteiger partial charge in [0.25, 0.3) is 0 Å². The highest BCUT2D eigenvalue weighted by atomic mass is 16.4. The molecule has 0 aliphatic heterocycles. The van der Waals surface area contributed by atoms with Crippen molar-refractivity contribution in [3.63, 3.8) is 0 Å². The molecular formula is C15H21NO3. The van der Waals surface area contributed by atoms with Crippen molar-refractivity contribution in [3.8, 4) is 0 Å². The molecule has 1 atom stereocenters. The molecule has 0 aliphatic carbocycles. The molecule has 104 valence electrons. The summed E-state index contributed by atoms with van der Waals surface area (Å²) in [4.78, 5) is 24.5. The Bertz CT molecular complexity index is 417. The van der Waals surface area contributed by atoms with Crippen LogP contribution in [0.1, 0.15) is 33.1 Å². The van der Waals surface area contributed by atoms with Crippen molar-refractivity contribution in [3.05, 3.63) is 30.3 Å². The van der Waals surface area contributed by atoms with Gasteiger partial charge in [-0.1, -0.05) is 44.9 Å². The summed E-state index contributed by atoms with van der Waals surface area (Å²) in [7, 11) is 0. The second-order valence-electron chi connectivity index (χ2n) is 4.81. The maximum absolute atomic E-state index is 12.2. The molecule has 0 aliphatic rings. The highest BCUT2D eigenvalue weighted by molar-refractivity contribution is 5.97. The average molecular weight is 263 g/mol. The highest BCUT2D eigenvalue weighted by Crippen LogP contribution is 2.18. The van der Waals surface area contributed by atoms with Crippen LogP contribution >= 0.6 is 0 Å². The molecular weight excluding hydrogens is 242 g/mol. The number of para-hydroxylation sites is 1. The second-order valence-corrected chi connectivity index (χ2v) is 4.81. The number of hydrogen-bond acceptors (Lipinski definition) is 2. The van der Waals surface area contributed by atoms with E-state index in [2.05, 4.69) is 6.92 Å². The zero-order valence-corrected chi connectivity index (χ0v) is 11.5. The Morgan fingerprint density at radius 3 is 2.42 bits per heavy atom. The number of carbonyl (C=O) groups is 2. The first-order chi connectivity index (χ1) is 9.04. The van der Waals surface area contributed by atoms with Crippen molar-refractivity contribution in [2.24, 2.45) is 5.92 Å². The van der Waals surface area contributed by atoms with Crippen molar-refractivity contribution in [2.75, 3.05) is 11.4 Å². The smallest absolute Gasteiger partial charge is 0.323 e. The lowest BCUT2D eigenvalue weighted by Gasteiger charge is -2.22. The van der Waals surface area contributed by atoms with Crippen LogP contribution in [-0.2, 0) is 9.59 Å². The Labute approximate surface area is 114 Å². The Hall–Kier alpha value is -1.84. The fraction of sp³-hybridized carbons (Fsp3) is 0.467. The number of carboxylic acids is 1. The molecule has 0 radical (unpaired) electrons. The number of nitrogens with zero attached hydrogens (tertiary/aromatic N) is 1. The van der Waals surface area contributed by atoms with Crippen LogP contribution < -0.4 is 4.90 Å². The molecule has 1 amide bonds. The summed E-state index contributed by atoms with van der Waals surface area (Å²) >= 11 is 0. The van der Waals surface area contributed by atoms with Gasteiger partial charge in [0.05, 0.1) is 0 Å². The minimum absolute atomic E-state index is 0.130. The van der Waals surface area contributed by atoms with Gasteiger partial charge < -0.3 is 10.0 Å². The van der Waals surface area contributed by atoms with E-state index in [9.17, 15) is 9.59 Å². The van der Waals surface area contributed by atoms with Gasteiger partial charge in [-0.05, 0) is 18.1 Å². The second kappa shape index (κ2) is 7.56. The molecule has 0 aromatic heterocycles. The standard InChI is InChI=1S/C15H21NO3/c1-3-7-12(2)10-14(17)16(11-15(18)19)13-8-5-4-6-9-13/h4-6,8-9,12H,3,7,10-11H2,1-2H3,(H,18,19). The number of rotatable bonds is 7. The number of carboxylic acid groups (broad SMARTS) is 1. The minimum atomic E-state index is -1.000. The van der Waals surface area contributed by atoms with E-state index in [1.807, 2.05) is 13.0 Å². The van der Waals surface area contributed by atoms with E-state index < -0.39 is 5.97 Å². The summed E-state index contributed by atoms with van der Waals surface area (Å²) in [5, 5.41) is 8.94. The molecule has 4 heteroatoms. The fourth-order valence-corrected chi connectivity index (χ4v) is 2.07. The number of amides is 1. The average Bonchev–Trinajstić information content (AvgIpc) is 2.37. The zero-order valence-electron chi connectivity index (χ0n) is 11.5. The van der Waals surface area contributed by atoms with E-state index in [0.29, 0.717) is 12.1 Å². The molecule has 0 spiro atoms. The van der Waals surface area contributed by atoms with Crippen LogP contribution in [0.4, 0.5) is 5.69 Å². The fourth-order valence-electron chi connectivity index (χ4n) is 2.07. The number of carbonyl (C=O) groups excluding carboxylic acids is 1. The van der Waals surface area contributed by atoms with Crippen molar-refractivity contribution >= 4 is 17.6 Å². The molecule has 4 nitrogen and oxygen atoms in total. The topological polar surface area (TPSA) is 57.6 Å². The first-order valence-electron chi connectivity index (χ1n) is 6.61. The first-order valence-corrected chi connectivity index (χ1v) is 6.61. The van der Waals surface area contributed by atoms with Gasteiger partial charge in [-0.2, -0.15) is 0 Å². The Balaban J connectivity index is 2.80. The lowest BCUT2D eigenvalue weighted by atomic mass is 10.0. The van der Waals surface area contributed by atoms with Gasteiger partial charge in [0.2, 0.25) is 5.91 Å². The summed E-state index contributed by atoms with van der Waals surface area (Å²) in [6.07, 6.45) is 2.39. The lowest BCUT2D eigenvalue weighted by molar-refractivity contribution is -0.136. The summed E-state index contributed by atoms with van der Waals surface area (Å²) < 4.78 is 0. The predicted molar refractivity (Wildman–Crippen MR) is 75.1 cm³/mol. The molecule has 0 fully saturated rings. The van der Waals surface area contributed by atoms with Crippen LogP contribution in [0.5, 0.6) is 0 Å². The van der Waals surface area contributed by atoms with Crippen molar-refractivity contribution in [1.29, 1.82) is 0 Å². The van der Waals surface area contributed by atoms with E-state index >= 15 is 0 Å². The minimum Gasteiger partial charge on any atom is -0.480 e. The van der Waals surface area contributed by atoms with Gasteiger partial charge >= 0.3 is 5.97 Å². The van der Waals surface area contributed by atoms with E-state index in [4.69, 9.17) is 5.11 Å². The third kappa shape index (κ3) is 5.12. The largest absolute Gasteiger partial charge is 0.480 e. The summed E-state index contributed by atoms with van der Waals surface area (Å²) in [6.45, 7) is 3.81. The number of hydrogen-bond donors (Lipinski definition) is 1. The van der Waals surface area contributed by atoms with Gasteiger partial charge in [-0.15, -0.1) is 0 Å². The Morgan fingerprint density at radius 2 is 1.89 bits per heavy atom. The molecule has 1 N–H and O–H groups in total. The summed E-state index contributed by atoms with van der Waals surface area (Å²) in [6, 6.07) is 8.95. The quantitative estimate of drug-likeness (QED) is 0.822. The normalized spacial score (nSPS) is 11.9. The molecule has 0 bridgehead atoms. The predicted octanol–water partition coefficient (Wildman–Crippen LogP) is 2.93. The molecule has 0 heterocycles. The lowest BCUT2D eigenvalue weighted by Crippen LogP contribution is -2.36. The van der Waals surface area contributed by atoms with Gasteiger partial charge in [-0.3, -0.25) is 9.59 Å². The van der Waals surface area contributed by atoms with Crippen molar-refractivity contribution < 1.29 is 14.7 Å². The van der Waals surface area contributed by atoms with Crippen LogP contribution in [0, 0.1) is 5.92 Å². The van der Waals surface area contributed by atoms with Crippen LogP contribution in [0.25, 0.3) is 0 Å². The van der Waals surface area contributed by atoms with Crippen LogP contribution in [0.3, 0.4) is 0 Å². The third-order valence-corrected chi connectivity index (χ3v) is 2.97. The van der Waals surface area contributed by atoms with E-state index in [-0.39, 0.29) is 18.4 Å². The summed E-state index contributed by atoms with van der Waals surface area (Å²) in [5.41, 5.74) is 0.638. The molecule has 1 aromatic carbocycles. The van der Waals surface area contributed by atoms with Crippen LogP contribution in [-0.4, -0.2) is 23.5 Å². The maximum atomic E-state index is 12.2. The van der Waals surface area contributed by atoms with Crippen LogP contribution in [0.2, 0.25) is 0 Å². The Kier molecular flexibility index (Phi) is 6.06. The maximum Gasteiger partial charge on any atom is 0.323 e. The first kappa shape index (κ1) is 15.2. The van der Waals surface area contributed by atoms with E-state index in [1.54, 1.807) is 24.3 Å². The van der Waals surface area contributed by atoms with E-state index in [1.165, 1.54) is 4.90 Å². The third-order valence-electron chi connectivity index (χ3n) is 2.97. The monoisotopic (exact) mass is 263 g/mol. The molecule has 0 saturated heterocycles. The summed E-state index contributed by atoms with van der Waals surface area (Å²) in [5.74, 6) is -0.854. The number of anilines is 1. The molecule has 1 aromatic rings. The van der Waals surface area contributed by atoms with Crippen molar-refractivity contribution in [2.45, 2.75) is 33.1 Å². The zero-order chi connectivity index (χ0) is 14.3.